The highest BCUT2D eigenvalue weighted by Gasteiger charge is 2.38. The van der Waals surface area contributed by atoms with E-state index in [1.807, 2.05) is 0 Å². The van der Waals surface area contributed by atoms with E-state index in [1.165, 1.54) is 48.8 Å². The van der Waals surface area contributed by atoms with Gasteiger partial charge in [0.15, 0.2) is 0 Å². The van der Waals surface area contributed by atoms with Crippen molar-refractivity contribution in [2.75, 3.05) is 6.54 Å². The Bertz CT molecular complexity index is 547. The average Bonchev–Trinajstić information content (AvgIpc) is 2.54. The summed E-state index contributed by atoms with van der Waals surface area (Å²) >= 11 is 6.54. The fraction of sp³-hybridized carbons (Fsp3) is 0.667. The van der Waals surface area contributed by atoms with Gasteiger partial charge in [-0.15, -0.1) is 0 Å². The molecule has 0 amide bonds. The Morgan fingerprint density at radius 3 is 2.29 bits per heavy atom. The molecule has 1 saturated carbocycles. The highest BCUT2D eigenvalue weighted by atomic mass is 35.5. The zero-order chi connectivity index (χ0) is 15.0. The van der Waals surface area contributed by atoms with Crippen molar-refractivity contribution < 1.29 is 5.11 Å². The third kappa shape index (κ3) is 2.37. The Balaban J connectivity index is 2.20. The maximum atomic E-state index is 10.8. The second-order valence-electron chi connectivity index (χ2n) is 6.87. The molecule has 0 atom stereocenters. The van der Waals surface area contributed by atoms with Crippen molar-refractivity contribution in [1.29, 1.82) is 0 Å². The molecule has 0 aliphatic heterocycles. The van der Waals surface area contributed by atoms with Gasteiger partial charge in [-0.3, -0.25) is 0 Å². The third-order valence-electron chi connectivity index (χ3n) is 5.74. The van der Waals surface area contributed by atoms with Crippen LogP contribution in [0.1, 0.15) is 67.2 Å². The molecule has 0 bridgehead atoms. The Labute approximate surface area is 132 Å². The molecule has 21 heavy (non-hydrogen) atoms. The number of phenolic OH excluding ortho intramolecular Hbond substituents is 1. The standard InChI is InChI=1S/C18H26ClNO/c1-12-13-7-3-4-8-14(13)16(19)17(21)15(12)18(11-20)9-5-2-6-10-18/h21H,2-11,20H2,1H3. The molecule has 1 aromatic rings. The number of halogens is 1. The van der Waals surface area contributed by atoms with E-state index in [1.54, 1.807) is 0 Å². The molecule has 3 heteroatoms. The molecule has 0 unspecified atom stereocenters. The summed E-state index contributed by atoms with van der Waals surface area (Å²) in [6, 6.07) is 0. The predicted octanol–water partition coefficient (Wildman–Crippen LogP) is 4.39. The van der Waals surface area contributed by atoms with Gasteiger partial charge >= 0.3 is 0 Å². The van der Waals surface area contributed by atoms with Crippen LogP contribution in [0.5, 0.6) is 5.75 Å². The second kappa shape index (κ2) is 5.81. The predicted molar refractivity (Wildman–Crippen MR) is 88.3 cm³/mol. The first-order chi connectivity index (χ1) is 10.1. The van der Waals surface area contributed by atoms with Gasteiger partial charge in [-0.2, -0.15) is 0 Å². The normalized spacial score (nSPS) is 21.1. The number of phenols is 1. The molecule has 2 aliphatic carbocycles. The summed E-state index contributed by atoms with van der Waals surface area (Å²) in [5, 5.41) is 11.4. The van der Waals surface area contributed by atoms with Crippen molar-refractivity contribution in [3.8, 4) is 5.75 Å². The van der Waals surface area contributed by atoms with Crippen LogP contribution in [0.4, 0.5) is 0 Å². The molecule has 0 spiro atoms. The van der Waals surface area contributed by atoms with Crippen LogP contribution in [0.2, 0.25) is 5.02 Å². The first-order valence-electron chi connectivity index (χ1n) is 8.34. The second-order valence-corrected chi connectivity index (χ2v) is 7.25. The summed E-state index contributed by atoms with van der Waals surface area (Å²) in [5.74, 6) is 0.321. The summed E-state index contributed by atoms with van der Waals surface area (Å²) in [4.78, 5) is 0. The van der Waals surface area contributed by atoms with Crippen molar-refractivity contribution >= 4 is 11.6 Å². The van der Waals surface area contributed by atoms with Crippen LogP contribution < -0.4 is 5.73 Å². The fourth-order valence-electron chi connectivity index (χ4n) is 4.58. The van der Waals surface area contributed by atoms with Gasteiger partial charge in [0, 0.05) is 17.5 Å². The topological polar surface area (TPSA) is 46.2 Å². The smallest absolute Gasteiger partial charge is 0.138 e. The minimum atomic E-state index is -0.0669. The number of fused-ring (bicyclic) bond motifs is 1. The summed E-state index contributed by atoms with van der Waals surface area (Å²) < 4.78 is 0. The Hall–Kier alpha value is -0.730. The van der Waals surface area contributed by atoms with Crippen LogP contribution in [-0.2, 0) is 18.3 Å². The van der Waals surface area contributed by atoms with E-state index in [0.29, 0.717) is 17.3 Å². The molecule has 2 nitrogen and oxygen atoms in total. The summed E-state index contributed by atoms with van der Waals surface area (Å²) in [7, 11) is 0. The quantitative estimate of drug-likeness (QED) is 0.851. The van der Waals surface area contributed by atoms with E-state index in [-0.39, 0.29) is 5.41 Å². The summed E-state index contributed by atoms with van der Waals surface area (Å²) in [6.45, 7) is 2.78. The van der Waals surface area contributed by atoms with Crippen LogP contribution in [0, 0.1) is 6.92 Å². The van der Waals surface area contributed by atoms with Gasteiger partial charge in [-0.1, -0.05) is 30.9 Å². The van der Waals surface area contributed by atoms with E-state index >= 15 is 0 Å². The van der Waals surface area contributed by atoms with Crippen molar-refractivity contribution in [1.82, 2.24) is 0 Å². The van der Waals surface area contributed by atoms with Gasteiger partial charge < -0.3 is 10.8 Å². The van der Waals surface area contributed by atoms with Crippen molar-refractivity contribution in [3.63, 3.8) is 0 Å². The number of hydrogen-bond acceptors (Lipinski definition) is 2. The molecule has 1 aromatic carbocycles. The van der Waals surface area contributed by atoms with Crippen molar-refractivity contribution in [2.45, 2.75) is 70.1 Å². The summed E-state index contributed by atoms with van der Waals surface area (Å²) in [6.07, 6.45) is 10.3. The lowest BCUT2D eigenvalue weighted by Crippen LogP contribution is -2.38. The van der Waals surface area contributed by atoms with Gasteiger partial charge in [-0.05, 0) is 62.1 Å². The maximum Gasteiger partial charge on any atom is 0.138 e. The van der Waals surface area contributed by atoms with Crippen LogP contribution in [0.15, 0.2) is 0 Å². The molecular formula is C18H26ClNO. The molecule has 0 heterocycles. The van der Waals surface area contributed by atoms with E-state index in [2.05, 4.69) is 6.92 Å². The number of rotatable bonds is 2. The molecule has 3 N–H and O–H groups in total. The Kier molecular flexibility index (Phi) is 4.20. The van der Waals surface area contributed by atoms with Crippen LogP contribution in [-0.4, -0.2) is 11.7 Å². The maximum absolute atomic E-state index is 10.8. The largest absolute Gasteiger partial charge is 0.506 e. The zero-order valence-electron chi connectivity index (χ0n) is 13.0. The van der Waals surface area contributed by atoms with E-state index in [0.717, 1.165) is 31.2 Å². The van der Waals surface area contributed by atoms with Crippen LogP contribution >= 0.6 is 11.6 Å². The molecule has 0 saturated heterocycles. The monoisotopic (exact) mass is 307 g/mol. The lowest BCUT2D eigenvalue weighted by Gasteiger charge is -2.40. The highest BCUT2D eigenvalue weighted by Crippen LogP contribution is 2.49. The molecule has 3 rings (SSSR count). The van der Waals surface area contributed by atoms with E-state index in [9.17, 15) is 5.11 Å². The SMILES string of the molecule is Cc1c2c(c(Cl)c(O)c1C1(CN)CCCCC1)CCCC2. The number of aromatic hydroxyl groups is 1. The van der Waals surface area contributed by atoms with Gasteiger partial charge in [0.05, 0.1) is 5.02 Å². The number of benzene rings is 1. The van der Waals surface area contributed by atoms with Crippen LogP contribution in [0.25, 0.3) is 0 Å². The lowest BCUT2D eigenvalue weighted by molar-refractivity contribution is 0.289. The number of hydrogen-bond donors (Lipinski definition) is 2. The van der Waals surface area contributed by atoms with E-state index < -0.39 is 0 Å². The summed E-state index contributed by atoms with van der Waals surface area (Å²) in [5.41, 5.74) is 11.0. The van der Waals surface area contributed by atoms with E-state index in [4.69, 9.17) is 17.3 Å². The van der Waals surface area contributed by atoms with Gasteiger partial charge in [-0.25, -0.2) is 0 Å². The van der Waals surface area contributed by atoms with Gasteiger partial charge in [0.1, 0.15) is 5.75 Å². The van der Waals surface area contributed by atoms with Crippen molar-refractivity contribution in [3.05, 3.63) is 27.3 Å². The minimum absolute atomic E-state index is 0.0669. The fourth-order valence-corrected chi connectivity index (χ4v) is 4.88. The first kappa shape index (κ1) is 15.2. The molecule has 1 fully saturated rings. The Morgan fingerprint density at radius 2 is 1.67 bits per heavy atom. The molecule has 2 aliphatic rings. The molecular weight excluding hydrogens is 282 g/mol. The van der Waals surface area contributed by atoms with Gasteiger partial charge in [0.2, 0.25) is 0 Å². The first-order valence-corrected chi connectivity index (χ1v) is 8.72. The zero-order valence-corrected chi connectivity index (χ0v) is 13.7. The Morgan fingerprint density at radius 1 is 1.05 bits per heavy atom. The van der Waals surface area contributed by atoms with Gasteiger partial charge in [0.25, 0.3) is 0 Å². The minimum Gasteiger partial charge on any atom is -0.506 e. The van der Waals surface area contributed by atoms with Crippen molar-refractivity contribution in [2.24, 2.45) is 5.73 Å². The average molecular weight is 308 g/mol. The highest BCUT2D eigenvalue weighted by molar-refractivity contribution is 6.33. The molecule has 116 valence electrons. The van der Waals surface area contributed by atoms with Crippen LogP contribution in [0.3, 0.4) is 0 Å². The molecule has 0 aromatic heterocycles. The lowest BCUT2D eigenvalue weighted by atomic mass is 9.66. The third-order valence-corrected chi connectivity index (χ3v) is 6.14. The molecule has 0 radical (unpaired) electrons. The number of nitrogens with two attached hydrogens (primary N) is 1.